The van der Waals surface area contributed by atoms with Crippen molar-refractivity contribution in [2.24, 2.45) is 0 Å². The minimum atomic E-state index is -0.861. The molecule has 18 heavy (non-hydrogen) atoms. The molecule has 5 heteroatoms. The maximum atomic E-state index is 12.0. The van der Waals surface area contributed by atoms with Crippen LogP contribution in [0.5, 0.6) is 0 Å². The molecule has 0 aromatic heterocycles. The van der Waals surface area contributed by atoms with Crippen LogP contribution in [-0.4, -0.2) is 40.8 Å². The van der Waals surface area contributed by atoms with Gasteiger partial charge in [-0.1, -0.05) is 19.3 Å². The van der Waals surface area contributed by atoms with Crippen molar-refractivity contribution in [2.45, 2.75) is 57.0 Å². The van der Waals surface area contributed by atoms with Crippen molar-refractivity contribution in [3.8, 4) is 0 Å². The summed E-state index contributed by atoms with van der Waals surface area (Å²) in [6.45, 7) is 1.91. The van der Waals surface area contributed by atoms with Crippen molar-refractivity contribution in [1.82, 2.24) is 10.6 Å². The SMILES string of the molecule is CNC1(CC(=O)NC(C)CS(C)=O)CCCCC1. The van der Waals surface area contributed by atoms with E-state index in [1.54, 1.807) is 6.26 Å². The van der Waals surface area contributed by atoms with Crippen LogP contribution in [-0.2, 0) is 15.6 Å². The van der Waals surface area contributed by atoms with Gasteiger partial charge in [0.25, 0.3) is 0 Å². The van der Waals surface area contributed by atoms with Crippen molar-refractivity contribution in [1.29, 1.82) is 0 Å². The molecule has 1 fully saturated rings. The Morgan fingerprint density at radius 2 is 1.94 bits per heavy atom. The largest absolute Gasteiger partial charge is 0.353 e. The molecule has 1 aliphatic rings. The number of hydrogen-bond donors (Lipinski definition) is 2. The van der Waals surface area contributed by atoms with E-state index in [4.69, 9.17) is 0 Å². The third-order valence-corrected chi connectivity index (χ3v) is 4.70. The zero-order valence-corrected chi connectivity index (χ0v) is 12.6. The highest BCUT2D eigenvalue weighted by molar-refractivity contribution is 7.84. The van der Waals surface area contributed by atoms with E-state index in [1.165, 1.54) is 19.3 Å². The van der Waals surface area contributed by atoms with Gasteiger partial charge in [-0.25, -0.2) is 0 Å². The Hall–Kier alpha value is -0.420. The summed E-state index contributed by atoms with van der Waals surface area (Å²) in [5.74, 6) is 0.599. The molecule has 0 saturated heterocycles. The van der Waals surface area contributed by atoms with Crippen molar-refractivity contribution in [3.63, 3.8) is 0 Å². The Morgan fingerprint density at radius 1 is 1.33 bits per heavy atom. The molecule has 1 rings (SSSR count). The molecule has 2 atom stereocenters. The van der Waals surface area contributed by atoms with Gasteiger partial charge in [0.1, 0.15) is 0 Å². The zero-order valence-electron chi connectivity index (χ0n) is 11.8. The van der Waals surface area contributed by atoms with Crippen LogP contribution in [0, 0.1) is 0 Å². The summed E-state index contributed by atoms with van der Waals surface area (Å²) < 4.78 is 11.1. The van der Waals surface area contributed by atoms with Crippen molar-refractivity contribution < 1.29 is 9.00 Å². The smallest absolute Gasteiger partial charge is 0.222 e. The number of amides is 1. The molecule has 2 unspecified atom stereocenters. The molecule has 1 aliphatic carbocycles. The lowest BCUT2D eigenvalue weighted by Crippen LogP contribution is -2.49. The molecule has 0 aromatic carbocycles. The Labute approximate surface area is 113 Å². The molecule has 106 valence electrons. The first-order chi connectivity index (χ1) is 8.47. The Balaban J connectivity index is 2.44. The summed E-state index contributed by atoms with van der Waals surface area (Å²) in [4.78, 5) is 12.0. The van der Waals surface area contributed by atoms with E-state index in [2.05, 4.69) is 10.6 Å². The first kappa shape index (κ1) is 15.6. The molecule has 0 bridgehead atoms. The molecule has 0 heterocycles. The fourth-order valence-corrected chi connectivity index (χ4v) is 3.56. The zero-order chi connectivity index (χ0) is 13.6. The van der Waals surface area contributed by atoms with Gasteiger partial charge in [0.2, 0.25) is 5.91 Å². The topological polar surface area (TPSA) is 58.2 Å². The average Bonchev–Trinajstić information content (AvgIpc) is 2.28. The van der Waals surface area contributed by atoms with Gasteiger partial charge in [-0.2, -0.15) is 0 Å². The molecular weight excluding hydrogens is 248 g/mol. The number of carbonyl (C=O) groups is 1. The van der Waals surface area contributed by atoms with Crippen LogP contribution >= 0.6 is 0 Å². The van der Waals surface area contributed by atoms with Gasteiger partial charge in [0, 0.05) is 40.8 Å². The molecule has 0 aliphatic heterocycles. The summed E-state index contributed by atoms with van der Waals surface area (Å²) in [6, 6.07) is -0.0131. The first-order valence-corrected chi connectivity index (χ1v) is 8.48. The fraction of sp³-hybridized carbons (Fsp3) is 0.923. The minimum Gasteiger partial charge on any atom is -0.353 e. The lowest BCUT2D eigenvalue weighted by molar-refractivity contribution is -0.123. The van der Waals surface area contributed by atoms with Crippen LogP contribution < -0.4 is 10.6 Å². The highest BCUT2D eigenvalue weighted by Gasteiger charge is 2.32. The second-order valence-corrected chi connectivity index (χ2v) is 6.96. The highest BCUT2D eigenvalue weighted by Crippen LogP contribution is 2.30. The van der Waals surface area contributed by atoms with Gasteiger partial charge in [-0.15, -0.1) is 0 Å². The fourth-order valence-electron chi connectivity index (χ4n) is 2.77. The number of nitrogens with one attached hydrogen (secondary N) is 2. The van der Waals surface area contributed by atoms with E-state index in [-0.39, 0.29) is 17.5 Å². The van der Waals surface area contributed by atoms with Crippen LogP contribution in [0.1, 0.15) is 45.4 Å². The molecule has 4 nitrogen and oxygen atoms in total. The van der Waals surface area contributed by atoms with Crippen molar-refractivity contribution in [3.05, 3.63) is 0 Å². The van der Waals surface area contributed by atoms with Crippen LogP contribution in [0.4, 0.5) is 0 Å². The van der Waals surface area contributed by atoms with Gasteiger partial charge in [-0.3, -0.25) is 9.00 Å². The van der Waals surface area contributed by atoms with Gasteiger partial charge in [0.05, 0.1) is 0 Å². The second-order valence-electron chi connectivity index (χ2n) is 5.48. The minimum absolute atomic E-state index is 0.0131. The first-order valence-electron chi connectivity index (χ1n) is 6.76. The molecule has 2 N–H and O–H groups in total. The average molecular weight is 274 g/mol. The lowest BCUT2D eigenvalue weighted by atomic mass is 9.79. The third-order valence-electron chi connectivity index (χ3n) is 3.73. The van der Waals surface area contributed by atoms with Gasteiger partial charge >= 0.3 is 0 Å². The molecule has 1 saturated carbocycles. The summed E-state index contributed by atoms with van der Waals surface area (Å²) >= 11 is 0. The van der Waals surface area contributed by atoms with E-state index in [1.807, 2.05) is 14.0 Å². The molecular formula is C13H26N2O2S. The Bertz CT molecular complexity index is 301. The summed E-state index contributed by atoms with van der Waals surface area (Å²) in [5, 5.41) is 6.29. The highest BCUT2D eigenvalue weighted by atomic mass is 32.2. The summed E-state index contributed by atoms with van der Waals surface area (Å²) in [7, 11) is 1.09. The number of carbonyl (C=O) groups excluding carboxylic acids is 1. The predicted octanol–water partition coefficient (Wildman–Crippen LogP) is 1.18. The van der Waals surface area contributed by atoms with E-state index < -0.39 is 10.8 Å². The quantitative estimate of drug-likeness (QED) is 0.765. The van der Waals surface area contributed by atoms with Crippen molar-refractivity contribution >= 4 is 16.7 Å². The van der Waals surface area contributed by atoms with Crippen LogP contribution in [0.15, 0.2) is 0 Å². The Morgan fingerprint density at radius 3 is 2.44 bits per heavy atom. The normalized spacial score (nSPS) is 22.2. The predicted molar refractivity (Wildman–Crippen MR) is 76.0 cm³/mol. The molecule has 0 spiro atoms. The molecule has 1 amide bonds. The van der Waals surface area contributed by atoms with E-state index in [0.29, 0.717) is 12.2 Å². The summed E-state index contributed by atoms with van der Waals surface area (Å²) in [6.07, 6.45) is 8.01. The van der Waals surface area contributed by atoms with E-state index in [9.17, 15) is 9.00 Å². The van der Waals surface area contributed by atoms with E-state index in [0.717, 1.165) is 12.8 Å². The van der Waals surface area contributed by atoms with E-state index >= 15 is 0 Å². The number of hydrogen-bond acceptors (Lipinski definition) is 3. The van der Waals surface area contributed by atoms with Gasteiger partial charge in [-0.05, 0) is 26.8 Å². The Kier molecular flexibility index (Phi) is 6.29. The number of rotatable bonds is 6. The monoisotopic (exact) mass is 274 g/mol. The molecule has 0 aromatic rings. The van der Waals surface area contributed by atoms with Crippen LogP contribution in [0.3, 0.4) is 0 Å². The van der Waals surface area contributed by atoms with Gasteiger partial charge in [0.15, 0.2) is 0 Å². The second kappa shape index (κ2) is 7.24. The maximum absolute atomic E-state index is 12.0. The van der Waals surface area contributed by atoms with Gasteiger partial charge < -0.3 is 10.6 Å². The maximum Gasteiger partial charge on any atom is 0.222 e. The van der Waals surface area contributed by atoms with Crippen LogP contribution in [0.25, 0.3) is 0 Å². The standard InChI is InChI=1S/C13H26N2O2S/c1-11(10-18(3)17)15-12(16)9-13(14-2)7-5-4-6-8-13/h11,14H,4-10H2,1-3H3,(H,15,16). The summed E-state index contributed by atoms with van der Waals surface area (Å²) in [5.41, 5.74) is -0.0204. The molecule has 0 radical (unpaired) electrons. The van der Waals surface area contributed by atoms with Crippen molar-refractivity contribution in [2.75, 3.05) is 19.1 Å². The lowest BCUT2D eigenvalue weighted by Gasteiger charge is -2.37. The van der Waals surface area contributed by atoms with Crippen LogP contribution in [0.2, 0.25) is 0 Å². The third kappa shape index (κ3) is 5.06.